The van der Waals surface area contributed by atoms with E-state index >= 15 is 0 Å². The van der Waals surface area contributed by atoms with E-state index in [1.165, 1.54) is 0 Å². The summed E-state index contributed by atoms with van der Waals surface area (Å²) in [5, 5.41) is 0. The van der Waals surface area contributed by atoms with Gasteiger partial charge < -0.3 is 9.53 Å². The molecule has 0 aromatic carbocycles. The molecule has 0 spiro atoms. The van der Waals surface area contributed by atoms with Gasteiger partial charge in [0.15, 0.2) is 6.29 Å². The van der Waals surface area contributed by atoms with E-state index in [1.807, 2.05) is 6.92 Å². The highest BCUT2D eigenvalue weighted by Crippen LogP contribution is 2.29. The van der Waals surface area contributed by atoms with E-state index in [-0.39, 0.29) is 0 Å². The summed E-state index contributed by atoms with van der Waals surface area (Å²) < 4.78 is 5.48. The maximum absolute atomic E-state index is 10.5. The Kier molecular flexibility index (Phi) is 2.09. The maximum Gasteiger partial charge on any atom is 0.151 e. The Morgan fingerprint density at radius 2 is 2.50 bits per heavy atom. The molecule has 1 fully saturated rings. The van der Waals surface area contributed by atoms with E-state index in [0.29, 0.717) is 6.10 Å². The van der Waals surface area contributed by atoms with E-state index in [4.69, 9.17) is 4.74 Å². The zero-order chi connectivity index (χ0) is 7.61. The van der Waals surface area contributed by atoms with E-state index in [0.717, 1.165) is 25.5 Å². The minimum Gasteiger partial charge on any atom is -0.365 e. The van der Waals surface area contributed by atoms with Crippen LogP contribution in [0.5, 0.6) is 0 Å². The van der Waals surface area contributed by atoms with Gasteiger partial charge in [-0.05, 0) is 26.2 Å². The van der Waals surface area contributed by atoms with Crippen LogP contribution in [0.3, 0.4) is 0 Å². The molecule has 0 bridgehead atoms. The quantitative estimate of drug-likeness (QED) is 0.546. The number of carbonyl (C=O) groups excluding carboxylic acids is 1. The molecule has 0 aromatic heterocycles. The molecule has 1 rings (SSSR count). The molecule has 1 aliphatic rings. The lowest BCUT2D eigenvalue weighted by Gasteiger charge is -2.16. The molecular weight excluding hydrogens is 128 g/mol. The second kappa shape index (κ2) is 2.70. The van der Waals surface area contributed by atoms with Gasteiger partial charge in [-0.3, -0.25) is 0 Å². The fourth-order valence-electron chi connectivity index (χ4n) is 1.32. The van der Waals surface area contributed by atoms with Crippen molar-refractivity contribution in [3.05, 3.63) is 0 Å². The van der Waals surface area contributed by atoms with Gasteiger partial charge in [-0.2, -0.15) is 0 Å². The molecule has 2 heteroatoms. The third-order valence-corrected chi connectivity index (χ3v) is 2.10. The molecule has 0 saturated carbocycles. The van der Waals surface area contributed by atoms with Crippen LogP contribution in [-0.4, -0.2) is 18.0 Å². The van der Waals surface area contributed by atoms with E-state index in [9.17, 15) is 4.79 Å². The van der Waals surface area contributed by atoms with Crippen LogP contribution < -0.4 is 0 Å². The lowest BCUT2D eigenvalue weighted by atomic mass is 10.0. The van der Waals surface area contributed by atoms with Crippen LogP contribution in [0.4, 0.5) is 0 Å². The SMILES string of the molecule is CCC1CCC(C)(C=O)O1. The van der Waals surface area contributed by atoms with E-state index in [1.54, 1.807) is 0 Å². The molecule has 0 N–H and O–H groups in total. The lowest BCUT2D eigenvalue weighted by Crippen LogP contribution is -2.26. The first-order chi connectivity index (χ1) is 4.70. The number of carbonyl (C=O) groups is 1. The fraction of sp³-hybridized carbons (Fsp3) is 0.875. The fourth-order valence-corrected chi connectivity index (χ4v) is 1.32. The first-order valence-corrected chi connectivity index (χ1v) is 3.84. The monoisotopic (exact) mass is 142 g/mol. The second-order valence-electron chi connectivity index (χ2n) is 3.12. The van der Waals surface area contributed by atoms with Gasteiger partial charge in [-0.1, -0.05) is 6.92 Å². The molecule has 2 unspecified atom stereocenters. The lowest BCUT2D eigenvalue weighted by molar-refractivity contribution is -0.127. The van der Waals surface area contributed by atoms with Crippen molar-refractivity contribution in [3.63, 3.8) is 0 Å². The van der Waals surface area contributed by atoms with Crippen molar-refractivity contribution in [2.45, 2.75) is 44.8 Å². The number of aldehydes is 1. The maximum atomic E-state index is 10.5. The summed E-state index contributed by atoms with van der Waals surface area (Å²) in [6, 6.07) is 0. The molecule has 10 heavy (non-hydrogen) atoms. The van der Waals surface area contributed by atoms with Crippen molar-refractivity contribution < 1.29 is 9.53 Å². The second-order valence-corrected chi connectivity index (χ2v) is 3.12. The summed E-state index contributed by atoms with van der Waals surface area (Å²) in [5.74, 6) is 0. The summed E-state index contributed by atoms with van der Waals surface area (Å²) in [4.78, 5) is 10.5. The molecule has 2 atom stereocenters. The van der Waals surface area contributed by atoms with Gasteiger partial charge in [0.25, 0.3) is 0 Å². The Labute approximate surface area is 61.6 Å². The van der Waals surface area contributed by atoms with Crippen LogP contribution in [0.15, 0.2) is 0 Å². The largest absolute Gasteiger partial charge is 0.365 e. The Morgan fingerprint density at radius 1 is 1.80 bits per heavy atom. The molecule has 0 amide bonds. The van der Waals surface area contributed by atoms with Crippen LogP contribution >= 0.6 is 0 Å². The smallest absolute Gasteiger partial charge is 0.151 e. The van der Waals surface area contributed by atoms with Crippen LogP contribution in [0, 0.1) is 0 Å². The molecule has 1 aliphatic heterocycles. The highest BCUT2D eigenvalue weighted by molar-refractivity contribution is 5.62. The molecule has 0 aliphatic carbocycles. The minimum atomic E-state index is -0.472. The Morgan fingerprint density at radius 3 is 2.80 bits per heavy atom. The van der Waals surface area contributed by atoms with Crippen molar-refractivity contribution in [1.82, 2.24) is 0 Å². The van der Waals surface area contributed by atoms with Gasteiger partial charge >= 0.3 is 0 Å². The van der Waals surface area contributed by atoms with Crippen molar-refractivity contribution in [3.8, 4) is 0 Å². The van der Waals surface area contributed by atoms with Crippen LogP contribution in [0.1, 0.15) is 33.1 Å². The summed E-state index contributed by atoms with van der Waals surface area (Å²) in [6.45, 7) is 3.94. The number of ether oxygens (including phenoxy) is 1. The van der Waals surface area contributed by atoms with Crippen LogP contribution in [0.25, 0.3) is 0 Å². The van der Waals surface area contributed by atoms with Crippen molar-refractivity contribution in [2.24, 2.45) is 0 Å². The average molecular weight is 142 g/mol. The normalized spacial score (nSPS) is 40.0. The first-order valence-electron chi connectivity index (χ1n) is 3.84. The molecule has 0 aromatic rings. The molecule has 58 valence electrons. The standard InChI is InChI=1S/C8H14O2/c1-3-7-4-5-8(2,6-9)10-7/h6-7H,3-5H2,1-2H3. The summed E-state index contributed by atoms with van der Waals surface area (Å²) >= 11 is 0. The third kappa shape index (κ3) is 1.37. The molecular formula is C8H14O2. The van der Waals surface area contributed by atoms with Crippen molar-refractivity contribution in [1.29, 1.82) is 0 Å². The van der Waals surface area contributed by atoms with Gasteiger partial charge in [0.05, 0.1) is 6.10 Å². The topological polar surface area (TPSA) is 26.3 Å². The Bertz CT molecular complexity index is 133. The van der Waals surface area contributed by atoms with E-state index in [2.05, 4.69) is 6.92 Å². The van der Waals surface area contributed by atoms with Crippen LogP contribution in [0.2, 0.25) is 0 Å². The van der Waals surface area contributed by atoms with Gasteiger partial charge in [-0.15, -0.1) is 0 Å². The molecule has 2 nitrogen and oxygen atoms in total. The minimum absolute atomic E-state index is 0.315. The molecule has 1 saturated heterocycles. The number of hydrogen-bond acceptors (Lipinski definition) is 2. The molecule has 0 radical (unpaired) electrons. The van der Waals surface area contributed by atoms with Crippen LogP contribution in [-0.2, 0) is 9.53 Å². The first kappa shape index (κ1) is 7.73. The number of rotatable bonds is 2. The molecule has 1 heterocycles. The van der Waals surface area contributed by atoms with Gasteiger partial charge in [0.2, 0.25) is 0 Å². The highest BCUT2D eigenvalue weighted by atomic mass is 16.5. The summed E-state index contributed by atoms with van der Waals surface area (Å²) in [5.41, 5.74) is -0.472. The van der Waals surface area contributed by atoms with Crippen molar-refractivity contribution in [2.75, 3.05) is 0 Å². The predicted octanol–water partition coefficient (Wildman–Crippen LogP) is 1.53. The predicted molar refractivity (Wildman–Crippen MR) is 38.9 cm³/mol. The summed E-state index contributed by atoms with van der Waals surface area (Å²) in [7, 11) is 0. The number of hydrogen-bond donors (Lipinski definition) is 0. The highest BCUT2D eigenvalue weighted by Gasteiger charge is 2.34. The zero-order valence-corrected chi connectivity index (χ0v) is 6.59. The van der Waals surface area contributed by atoms with Gasteiger partial charge in [0.1, 0.15) is 5.60 Å². The Hall–Kier alpha value is -0.370. The van der Waals surface area contributed by atoms with Gasteiger partial charge in [0, 0.05) is 0 Å². The average Bonchev–Trinajstić information content (AvgIpc) is 2.33. The summed E-state index contributed by atoms with van der Waals surface area (Å²) in [6.07, 6.45) is 4.17. The Balaban J connectivity index is 2.48. The van der Waals surface area contributed by atoms with Crippen molar-refractivity contribution >= 4 is 6.29 Å². The third-order valence-electron chi connectivity index (χ3n) is 2.10. The van der Waals surface area contributed by atoms with E-state index < -0.39 is 5.60 Å². The van der Waals surface area contributed by atoms with Gasteiger partial charge in [-0.25, -0.2) is 0 Å². The zero-order valence-electron chi connectivity index (χ0n) is 6.59.